The summed E-state index contributed by atoms with van der Waals surface area (Å²) in [6.07, 6.45) is 7.01. The Morgan fingerprint density at radius 2 is 2.10 bits per heavy atom. The van der Waals surface area contributed by atoms with E-state index in [1.807, 2.05) is 6.07 Å². The normalized spacial score (nSPS) is 24.0. The van der Waals surface area contributed by atoms with Crippen molar-refractivity contribution in [3.8, 4) is 0 Å². The summed E-state index contributed by atoms with van der Waals surface area (Å²) in [4.78, 5) is 10.9. The SMILES string of the molecule is OCC1CCCCN1c1cc(NC2CCOCC2)ncn1. The lowest BCUT2D eigenvalue weighted by molar-refractivity contribution is 0.0904. The zero-order valence-corrected chi connectivity index (χ0v) is 12.4. The van der Waals surface area contributed by atoms with Crippen LogP contribution < -0.4 is 10.2 Å². The lowest BCUT2D eigenvalue weighted by atomic mass is 10.0. The molecular formula is C15H24N4O2. The largest absolute Gasteiger partial charge is 0.394 e. The van der Waals surface area contributed by atoms with Crippen molar-refractivity contribution in [3.63, 3.8) is 0 Å². The molecule has 0 saturated carbocycles. The van der Waals surface area contributed by atoms with E-state index in [9.17, 15) is 5.11 Å². The van der Waals surface area contributed by atoms with E-state index in [-0.39, 0.29) is 12.6 Å². The molecule has 3 rings (SSSR count). The molecule has 21 heavy (non-hydrogen) atoms. The van der Waals surface area contributed by atoms with Crippen molar-refractivity contribution in [2.45, 2.75) is 44.2 Å². The van der Waals surface area contributed by atoms with E-state index in [0.717, 1.165) is 57.1 Å². The van der Waals surface area contributed by atoms with Gasteiger partial charge in [0.15, 0.2) is 0 Å². The fraction of sp³-hybridized carbons (Fsp3) is 0.733. The zero-order valence-electron chi connectivity index (χ0n) is 12.4. The third-order valence-corrected chi connectivity index (χ3v) is 4.36. The highest BCUT2D eigenvalue weighted by Crippen LogP contribution is 2.24. The number of rotatable bonds is 4. The molecule has 1 unspecified atom stereocenters. The molecule has 6 heteroatoms. The molecule has 1 atom stereocenters. The Balaban J connectivity index is 1.69. The number of hydrogen-bond acceptors (Lipinski definition) is 6. The van der Waals surface area contributed by atoms with Gasteiger partial charge in [-0.15, -0.1) is 0 Å². The molecule has 2 saturated heterocycles. The topological polar surface area (TPSA) is 70.5 Å². The Hall–Kier alpha value is -1.40. The highest BCUT2D eigenvalue weighted by atomic mass is 16.5. The van der Waals surface area contributed by atoms with Crippen LogP contribution in [0.5, 0.6) is 0 Å². The highest BCUT2D eigenvalue weighted by molar-refractivity contribution is 5.50. The van der Waals surface area contributed by atoms with Crippen molar-refractivity contribution in [1.82, 2.24) is 9.97 Å². The van der Waals surface area contributed by atoms with E-state index in [1.54, 1.807) is 6.33 Å². The number of hydrogen-bond donors (Lipinski definition) is 2. The minimum absolute atomic E-state index is 0.185. The molecule has 0 radical (unpaired) electrons. The third kappa shape index (κ3) is 3.63. The van der Waals surface area contributed by atoms with Crippen LogP contribution >= 0.6 is 0 Å². The van der Waals surface area contributed by atoms with Gasteiger partial charge >= 0.3 is 0 Å². The lowest BCUT2D eigenvalue weighted by Gasteiger charge is -2.35. The van der Waals surface area contributed by atoms with Gasteiger partial charge in [0.25, 0.3) is 0 Å². The monoisotopic (exact) mass is 292 g/mol. The summed E-state index contributed by atoms with van der Waals surface area (Å²) in [6, 6.07) is 2.62. The van der Waals surface area contributed by atoms with Crippen LogP contribution in [0.25, 0.3) is 0 Å². The van der Waals surface area contributed by atoms with Gasteiger partial charge in [0.05, 0.1) is 12.6 Å². The van der Waals surface area contributed by atoms with Crippen LogP contribution in [0, 0.1) is 0 Å². The minimum atomic E-state index is 0.185. The maximum atomic E-state index is 9.54. The van der Waals surface area contributed by atoms with Gasteiger partial charge in [0.1, 0.15) is 18.0 Å². The van der Waals surface area contributed by atoms with Crippen LogP contribution in [0.2, 0.25) is 0 Å². The Morgan fingerprint density at radius 3 is 2.90 bits per heavy atom. The number of ether oxygens (including phenoxy) is 1. The Labute approximate surface area is 125 Å². The molecule has 0 bridgehead atoms. The second kappa shape index (κ2) is 7.04. The maximum Gasteiger partial charge on any atom is 0.134 e. The van der Waals surface area contributed by atoms with Gasteiger partial charge < -0.3 is 20.1 Å². The van der Waals surface area contributed by atoms with E-state index in [0.29, 0.717) is 6.04 Å². The first-order valence-electron chi connectivity index (χ1n) is 7.90. The second-order valence-corrected chi connectivity index (χ2v) is 5.82. The predicted molar refractivity (Wildman–Crippen MR) is 81.6 cm³/mol. The van der Waals surface area contributed by atoms with E-state index < -0.39 is 0 Å². The van der Waals surface area contributed by atoms with Gasteiger partial charge in [-0.2, -0.15) is 0 Å². The van der Waals surface area contributed by atoms with Gasteiger partial charge in [0.2, 0.25) is 0 Å². The van der Waals surface area contributed by atoms with Gasteiger partial charge in [-0.05, 0) is 32.1 Å². The Morgan fingerprint density at radius 1 is 1.24 bits per heavy atom. The van der Waals surface area contributed by atoms with Crippen molar-refractivity contribution in [3.05, 3.63) is 12.4 Å². The molecule has 2 fully saturated rings. The molecule has 1 aromatic rings. The summed E-state index contributed by atoms with van der Waals surface area (Å²) in [7, 11) is 0. The predicted octanol–water partition coefficient (Wildman–Crippen LogP) is 1.42. The van der Waals surface area contributed by atoms with Crippen molar-refractivity contribution in [1.29, 1.82) is 0 Å². The first-order valence-corrected chi connectivity index (χ1v) is 7.90. The summed E-state index contributed by atoms with van der Waals surface area (Å²) in [6.45, 7) is 2.77. The van der Waals surface area contributed by atoms with Crippen LogP contribution in [0.4, 0.5) is 11.6 Å². The van der Waals surface area contributed by atoms with Crippen LogP contribution in [-0.4, -0.2) is 53.5 Å². The van der Waals surface area contributed by atoms with E-state index >= 15 is 0 Å². The molecule has 116 valence electrons. The summed E-state index contributed by atoms with van der Waals surface area (Å²) < 4.78 is 5.38. The summed E-state index contributed by atoms with van der Waals surface area (Å²) in [5.41, 5.74) is 0. The maximum absolute atomic E-state index is 9.54. The number of piperidine rings is 1. The Kier molecular flexibility index (Phi) is 4.87. The molecule has 0 aliphatic carbocycles. The van der Waals surface area contributed by atoms with Crippen LogP contribution in [0.3, 0.4) is 0 Å². The molecule has 2 N–H and O–H groups in total. The first-order chi connectivity index (χ1) is 10.4. The molecule has 0 spiro atoms. The second-order valence-electron chi connectivity index (χ2n) is 5.82. The number of aliphatic hydroxyl groups is 1. The first kappa shape index (κ1) is 14.5. The average Bonchev–Trinajstić information content (AvgIpc) is 2.56. The Bertz CT molecular complexity index is 451. The summed E-state index contributed by atoms with van der Waals surface area (Å²) in [5, 5.41) is 13.0. The minimum Gasteiger partial charge on any atom is -0.394 e. The fourth-order valence-corrected chi connectivity index (χ4v) is 3.13. The number of aromatic nitrogens is 2. The average molecular weight is 292 g/mol. The zero-order chi connectivity index (χ0) is 14.5. The third-order valence-electron chi connectivity index (χ3n) is 4.36. The molecule has 2 aliphatic rings. The fourth-order valence-electron chi connectivity index (χ4n) is 3.13. The van der Waals surface area contributed by atoms with E-state index in [4.69, 9.17) is 4.74 Å². The number of aliphatic hydroxyl groups excluding tert-OH is 1. The number of nitrogens with one attached hydrogen (secondary N) is 1. The van der Waals surface area contributed by atoms with Crippen molar-refractivity contribution >= 4 is 11.6 Å². The van der Waals surface area contributed by atoms with Crippen LogP contribution in [-0.2, 0) is 4.74 Å². The van der Waals surface area contributed by atoms with Crippen molar-refractivity contribution in [2.24, 2.45) is 0 Å². The van der Waals surface area contributed by atoms with Gasteiger partial charge in [0, 0.05) is 31.9 Å². The molecule has 0 amide bonds. The van der Waals surface area contributed by atoms with Crippen molar-refractivity contribution < 1.29 is 9.84 Å². The van der Waals surface area contributed by atoms with Gasteiger partial charge in [-0.3, -0.25) is 0 Å². The molecule has 1 aromatic heterocycles. The molecule has 0 aromatic carbocycles. The van der Waals surface area contributed by atoms with Crippen LogP contribution in [0.15, 0.2) is 12.4 Å². The number of anilines is 2. The smallest absolute Gasteiger partial charge is 0.134 e. The highest BCUT2D eigenvalue weighted by Gasteiger charge is 2.23. The molecular weight excluding hydrogens is 268 g/mol. The van der Waals surface area contributed by atoms with Crippen LogP contribution in [0.1, 0.15) is 32.1 Å². The molecule has 3 heterocycles. The van der Waals surface area contributed by atoms with Crippen molar-refractivity contribution in [2.75, 3.05) is 36.6 Å². The molecule has 6 nitrogen and oxygen atoms in total. The van der Waals surface area contributed by atoms with E-state index in [1.165, 1.54) is 6.42 Å². The van der Waals surface area contributed by atoms with Gasteiger partial charge in [-0.1, -0.05) is 0 Å². The van der Waals surface area contributed by atoms with Gasteiger partial charge in [-0.25, -0.2) is 9.97 Å². The summed E-state index contributed by atoms with van der Waals surface area (Å²) in [5.74, 6) is 1.78. The lowest BCUT2D eigenvalue weighted by Crippen LogP contribution is -2.42. The standard InChI is InChI=1S/C15H24N4O2/c20-10-13-3-1-2-6-19(13)15-9-14(16-11-17-15)18-12-4-7-21-8-5-12/h9,11-13,20H,1-8,10H2,(H,16,17,18). The molecule has 2 aliphatic heterocycles. The quantitative estimate of drug-likeness (QED) is 0.874. The summed E-state index contributed by atoms with van der Waals surface area (Å²) >= 11 is 0. The van der Waals surface area contributed by atoms with E-state index in [2.05, 4.69) is 20.2 Å². The number of nitrogens with zero attached hydrogens (tertiary/aromatic N) is 3.